The van der Waals surface area contributed by atoms with Crippen molar-refractivity contribution in [2.45, 2.75) is 0 Å². The third kappa shape index (κ3) is 2.38. The number of nitrogens with zero attached hydrogens (tertiary/aromatic N) is 2. The van der Waals surface area contributed by atoms with Crippen molar-refractivity contribution in [3.05, 3.63) is 40.8 Å². The fourth-order valence-corrected chi connectivity index (χ4v) is 1.53. The van der Waals surface area contributed by atoms with Gasteiger partial charge in [-0.25, -0.2) is 19.2 Å². The number of halogens is 2. The smallest absolute Gasteiger partial charge is 0.354 e. The summed E-state index contributed by atoms with van der Waals surface area (Å²) in [7, 11) is 0. The summed E-state index contributed by atoms with van der Waals surface area (Å²) in [6.07, 6.45) is 0. The van der Waals surface area contributed by atoms with E-state index in [0.717, 1.165) is 12.1 Å². The molecule has 0 spiro atoms. The second-order valence-corrected chi connectivity index (χ2v) is 3.87. The number of anilines is 1. The number of carboxylic acid groups (broad SMARTS) is 1. The van der Waals surface area contributed by atoms with E-state index in [1.165, 1.54) is 12.1 Å². The molecule has 92 valence electrons. The maximum Gasteiger partial charge on any atom is 0.354 e. The fraction of sp³-hybridized carbons (Fsp3) is 0. The van der Waals surface area contributed by atoms with Crippen molar-refractivity contribution < 1.29 is 14.3 Å². The molecule has 0 aliphatic rings. The van der Waals surface area contributed by atoms with Gasteiger partial charge in [0.1, 0.15) is 11.6 Å². The van der Waals surface area contributed by atoms with Crippen molar-refractivity contribution in [2.75, 3.05) is 5.73 Å². The molecule has 1 heterocycles. The normalized spacial score (nSPS) is 10.3. The van der Waals surface area contributed by atoms with Gasteiger partial charge in [-0.05, 0) is 18.2 Å². The Hall–Kier alpha value is -2.21. The zero-order chi connectivity index (χ0) is 13.3. The van der Waals surface area contributed by atoms with Crippen molar-refractivity contribution in [3.63, 3.8) is 0 Å². The second-order valence-electron chi connectivity index (χ2n) is 3.43. The molecular formula is C11H7ClFN3O2. The number of aromatic carboxylic acids is 1. The molecule has 7 heteroatoms. The van der Waals surface area contributed by atoms with Crippen molar-refractivity contribution in [1.29, 1.82) is 0 Å². The quantitative estimate of drug-likeness (QED) is 0.871. The number of rotatable bonds is 2. The first-order valence-corrected chi connectivity index (χ1v) is 5.18. The Labute approximate surface area is 106 Å². The summed E-state index contributed by atoms with van der Waals surface area (Å²) in [5.74, 6) is -2.06. The topological polar surface area (TPSA) is 89.1 Å². The van der Waals surface area contributed by atoms with Gasteiger partial charge in [0, 0.05) is 11.1 Å². The summed E-state index contributed by atoms with van der Waals surface area (Å²) in [5.41, 5.74) is 5.19. The predicted octanol–water partition coefficient (Wildman–Crippen LogP) is 2.22. The summed E-state index contributed by atoms with van der Waals surface area (Å²) in [6, 6.07) is 4.99. The molecule has 0 radical (unpaired) electrons. The number of hydrogen-bond acceptors (Lipinski definition) is 4. The minimum Gasteiger partial charge on any atom is -0.477 e. The molecule has 1 aromatic carbocycles. The van der Waals surface area contributed by atoms with E-state index in [1.54, 1.807) is 0 Å². The number of nitrogens with two attached hydrogens (primary N) is 1. The standard InChI is InChI=1S/C11H7ClFN3O2/c12-5-1-2-6(7(13)3-5)10-15-8(11(17)18)4-9(14)16-10/h1-4H,(H,17,18)(H2,14,15,16). The summed E-state index contributed by atoms with van der Waals surface area (Å²) in [4.78, 5) is 18.3. The Morgan fingerprint density at radius 2 is 2.06 bits per heavy atom. The third-order valence-electron chi connectivity index (χ3n) is 2.14. The number of aromatic nitrogens is 2. The molecule has 5 nitrogen and oxygen atoms in total. The van der Waals surface area contributed by atoms with Crippen LogP contribution in [0.5, 0.6) is 0 Å². The Bertz CT molecular complexity index is 634. The van der Waals surface area contributed by atoms with Gasteiger partial charge >= 0.3 is 5.97 Å². The zero-order valence-electron chi connectivity index (χ0n) is 8.89. The summed E-state index contributed by atoms with van der Waals surface area (Å²) in [6.45, 7) is 0. The van der Waals surface area contributed by atoms with Crippen LogP contribution in [-0.2, 0) is 0 Å². The molecule has 2 rings (SSSR count). The predicted molar refractivity (Wildman–Crippen MR) is 63.8 cm³/mol. The number of hydrogen-bond donors (Lipinski definition) is 2. The largest absolute Gasteiger partial charge is 0.477 e. The van der Waals surface area contributed by atoms with Crippen molar-refractivity contribution >= 4 is 23.4 Å². The summed E-state index contributed by atoms with van der Waals surface area (Å²) < 4.78 is 13.6. The van der Waals surface area contributed by atoms with Crippen molar-refractivity contribution in [3.8, 4) is 11.4 Å². The van der Waals surface area contributed by atoms with Gasteiger partial charge in [0.2, 0.25) is 0 Å². The van der Waals surface area contributed by atoms with E-state index in [-0.39, 0.29) is 27.9 Å². The number of benzene rings is 1. The van der Waals surface area contributed by atoms with Crippen LogP contribution >= 0.6 is 11.6 Å². The molecular weight excluding hydrogens is 261 g/mol. The van der Waals surface area contributed by atoms with Crippen LogP contribution in [0.1, 0.15) is 10.5 Å². The molecule has 0 saturated carbocycles. The lowest BCUT2D eigenvalue weighted by Crippen LogP contribution is -2.06. The van der Waals surface area contributed by atoms with Gasteiger partial charge in [-0.15, -0.1) is 0 Å². The highest BCUT2D eigenvalue weighted by molar-refractivity contribution is 6.30. The van der Waals surface area contributed by atoms with Gasteiger partial charge in [0.15, 0.2) is 11.5 Å². The average molecular weight is 268 g/mol. The SMILES string of the molecule is Nc1cc(C(=O)O)nc(-c2ccc(Cl)cc2F)n1. The van der Waals surface area contributed by atoms with E-state index < -0.39 is 11.8 Å². The van der Waals surface area contributed by atoms with Crippen LogP contribution in [0.25, 0.3) is 11.4 Å². The van der Waals surface area contributed by atoms with E-state index >= 15 is 0 Å². The van der Waals surface area contributed by atoms with E-state index in [9.17, 15) is 9.18 Å². The highest BCUT2D eigenvalue weighted by atomic mass is 35.5. The van der Waals surface area contributed by atoms with Crippen molar-refractivity contribution in [1.82, 2.24) is 9.97 Å². The van der Waals surface area contributed by atoms with Crippen LogP contribution in [0.4, 0.5) is 10.2 Å². The van der Waals surface area contributed by atoms with Gasteiger partial charge in [-0.1, -0.05) is 11.6 Å². The molecule has 0 amide bonds. The lowest BCUT2D eigenvalue weighted by atomic mass is 10.2. The van der Waals surface area contributed by atoms with Crippen molar-refractivity contribution in [2.24, 2.45) is 0 Å². The number of carbonyl (C=O) groups is 1. The van der Waals surface area contributed by atoms with Gasteiger partial charge in [0.05, 0.1) is 5.56 Å². The zero-order valence-corrected chi connectivity index (χ0v) is 9.65. The van der Waals surface area contributed by atoms with Crippen LogP contribution in [-0.4, -0.2) is 21.0 Å². The molecule has 0 bridgehead atoms. The first-order valence-electron chi connectivity index (χ1n) is 4.80. The lowest BCUT2D eigenvalue weighted by molar-refractivity contribution is 0.0690. The third-order valence-corrected chi connectivity index (χ3v) is 2.37. The van der Waals surface area contributed by atoms with Gasteiger partial charge < -0.3 is 10.8 Å². The minimum atomic E-state index is -1.26. The first-order chi connectivity index (χ1) is 8.47. The molecule has 0 saturated heterocycles. The number of carboxylic acids is 1. The lowest BCUT2D eigenvalue weighted by Gasteiger charge is -2.04. The summed E-state index contributed by atoms with van der Waals surface area (Å²) in [5, 5.41) is 9.05. The molecule has 0 atom stereocenters. The Morgan fingerprint density at radius 1 is 1.33 bits per heavy atom. The molecule has 0 aliphatic carbocycles. The van der Waals surface area contributed by atoms with E-state index in [0.29, 0.717) is 0 Å². The second kappa shape index (κ2) is 4.58. The Balaban J connectivity index is 2.60. The highest BCUT2D eigenvalue weighted by Gasteiger charge is 2.13. The van der Waals surface area contributed by atoms with Crippen LogP contribution in [0.2, 0.25) is 5.02 Å². The number of nitrogen functional groups attached to an aromatic ring is 1. The first kappa shape index (κ1) is 12.3. The van der Waals surface area contributed by atoms with Gasteiger partial charge in [0.25, 0.3) is 0 Å². The van der Waals surface area contributed by atoms with Crippen LogP contribution in [0.15, 0.2) is 24.3 Å². The minimum absolute atomic E-state index is 0.0363. The van der Waals surface area contributed by atoms with E-state index in [2.05, 4.69) is 9.97 Å². The maximum absolute atomic E-state index is 13.6. The van der Waals surface area contributed by atoms with Gasteiger partial charge in [-0.2, -0.15) is 0 Å². The molecule has 3 N–H and O–H groups in total. The van der Waals surface area contributed by atoms with Gasteiger partial charge in [-0.3, -0.25) is 0 Å². The maximum atomic E-state index is 13.6. The Kier molecular flexibility index (Phi) is 3.12. The average Bonchev–Trinajstić information content (AvgIpc) is 2.27. The van der Waals surface area contributed by atoms with Crippen LogP contribution < -0.4 is 5.73 Å². The molecule has 0 aliphatic heterocycles. The fourth-order valence-electron chi connectivity index (χ4n) is 1.37. The summed E-state index contributed by atoms with van der Waals surface area (Å²) >= 11 is 5.62. The molecule has 0 unspecified atom stereocenters. The van der Waals surface area contributed by atoms with E-state index in [4.69, 9.17) is 22.4 Å². The van der Waals surface area contributed by atoms with Crippen LogP contribution in [0.3, 0.4) is 0 Å². The van der Waals surface area contributed by atoms with E-state index in [1.807, 2.05) is 0 Å². The molecule has 18 heavy (non-hydrogen) atoms. The molecule has 2 aromatic rings. The highest BCUT2D eigenvalue weighted by Crippen LogP contribution is 2.23. The van der Waals surface area contributed by atoms with Crippen LogP contribution in [0, 0.1) is 5.82 Å². The molecule has 1 aromatic heterocycles. The molecule has 0 fully saturated rings. The Morgan fingerprint density at radius 3 is 2.67 bits per heavy atom. The monoisotopic (exact) mass is 267 g/mol.